The van der Waals surface area contributed by atoms with Gasteiger partial charge in [-0.3, -0.25) is 4.79 Å². The number of ether oxygens (including phenoxy) is 1. The summed E-state index contributed by atoms with van der Waals surface area (Å²) in [5, 5.41) is 0. The molecule has 0 amide bonds. The second-order valence-corrected chi connectivity index (χ2v) is 3.76. The number of benzene rings is 1. The number of halogens is 1. The molecule has 0 fully saturated rings. The molecule has 76 valence electrons. The Morgan fingerprint density at radius 2 is 2.21 bits per heavy atom. The van der Waals surface area contributed by atoms with E-state index in [4.69, 9.17) is 5.73 Å². The normalized spacial score (nSPS) is 12.2. The van der Waals surface area contributed by atoms with E-state index in [0.29, 0.717) is 0 Å². The maximum absolute atomic E-state index is 11.0. The third-order valence-electron chi connectivity index (χ3n) is 1.92. The number of hydrogen-bond donors (Lipinski definition) is 1. The first-order valence-electron chi connectivity index (χ1n) is 4.22. The SMILES string of the molecule is COC(=O)C[C@H](N)c1ccccc1Br. The van der Waals surface area contributed by atoms with Gasteiger partial charge in [-0.25, -0.2) is 0 Å². The molecule has 3 nitrogen and oxygen atoms in total. The smallest absolute Gasteiger partial charge is 0.307 e. The van der Waals surface area contributed by atoms with Gasteiger partial charge in [-0.1, -0.05) is 34.1 Å². The molecule has 0 aliphatic heterocycles. The van der Waals surface area contributed by atoms with Crippen LogP contribution < -0.4 is 5.73 Å². The van der Waals surface area contributed by atoms with Crippen LogP contribution in [0, 0.1) is 0 Å². The number of hydrogen-bond acceptors (Lipinski definition) is 3. The van der Waals surface area contributed by atoms with Crippen LogP contribution >= 0.6 is 15.9 Å². The zero-order chi connectivity index (χ0) is 10.6. The number of methoxy groups -OCH3 is 1. The van der Waals surface area contributed by atoms with Crippen LogP contribution in [-0.2, 0) is 9.53 Å². The molecular formula is C10H12BrNO2. The number of carbonyl (C=O) groups excluding carboxylic acids is 1. The Kier molecular flexibility index (Phi) is 4.10. The van der Waals surface area contributed by atoms with Crippen molar-refractivity contribution in [2.24, 2.45) is 5.73 Å². The van der Waals surface area contributed by atoms with Gasteiger partial charge in [0, 0.05) is 10.5 Å². The fourth-order valence-corrected chi connectivity index (χ4v) is 1.73. The molecule has 4 heteroatoms. The number of carbonyl (C=O) groups is 1. The first-order valence-corrected chi connectivity index (χ1v) is 5.01. The van der Waals surface area contributed by atoms with E-state index in [0.717, 1.165) is 10.0 Å². The van der Waals surface area contributed by atoms with E-state index in [9.17, 15) is 4.79 Å². The van der Waals surface area contributed by atoms with E-state index in [2.05, 4.69) is 20.7 Å². The van der Waals surface area contributed by atoms with E-state index in [1.165, 1.54) is 7.11 Å². The van der Waals surface area contributed by atoms with Crippen LogP contribution in [0.25, 0.3) is 0 Å². The third-order valence-corrected chi connectivity index (χ3v) is 2.64. The van der Waals surface area contributed by atoms with Gasteiger partial charge in [0.2, 0.25) is 0 Å². The molecule has 0 aromatic heterocycles. The van der Waals surface area contributed by atoms with E-state index < -0.39 is 0 Å². The Balaban J connectivity index is 2.74. The molecule has 2 N–H and O–H groups in total. The topological polar surface area (TPSA) is 52.3 Å². The van der Waals surface area contributed by atoms with Crippen LogP contribution in [-0.4, -0.2) is 13.1 Å². The van der Waals surface area contributed by atoms with Crippen molar-refractivity contribution in [3.63, 3.8) is 0 Å². The van der Waals surface area contributed by atoms with Crippen LogP contribution in [0.5, 0.6) is 0 Å². The Morgan fingerprint density at radius 1 is 1.57 bits per heavy atom. The molecule has 1 aromatic rings. The largest absolute Gasteiger partial charge is 0.469 e. The Hall–Kier alpha value is -0.870. The summed E-state index contributed by atoms with van der Waals surface area (Å²) in [5.74, 6) is -0.298. The zero-order valence-corrected chi connectivity index (χ0v) is 9.45. The number of esters is 1. The molecule has 0 saturated heterocycles. The molecule has 0 bridgehead atoms. The highest BCUT2D eigenvalue weighted by atomic mass is 79.9. The summed E-state index contributed by atoms with van der Waals surface area (Å²) in [6, 6.07) is 7.25. The van der Waals surface area contributed by atoms with E-state index in [1.54, 1.807) is 0 Å². The third kappa shape index (κ3) is 2.82. The molecule has 0 aliphatic carbocycles. The molecule has 0 spiro atoms. The van der Waals surface area contributed by atoms with Crippen molar-refractivity contribution < 1.29 is 9.53 Å². The lowest BCUT2D eigenvalue weighted by molar-refractivity contribution is -0.141. The Bertz CT molecular complexity index is 328. The zero-order valence-electron chi connectivity index (χ0n) is 7.87. The summed E-state index contributed by atoms with van der Waals surface area (Å²) < 4.78 is 5.46. The van der Waals surface area contributed by atoms with Gasteiger partial charge >= 0.3 is 5.97 Å². The molecule has 1 rings (SSSR count). The highest BCUT2D eigenvalue weighted by Gasteiger charge is 2.13. The van der Waals surface area contributed by atoms with Crippen LogP contribution in [0.1, 0.15) is 18.0 Å². The first-order chi connectivity index (χ1) is 6.65. The minimum absolute atomic E-state index is 0.194. The number of nitrogens with two attached hydrogens (primary N) is 1. The predicted octanol–water partition coefficient (Wildman–Crippen LogP) is 2.01. The van der Waals surface area contributed by atoms with Gasteiger partial charge < -0.3 is 10.5 Å². The van der Waals surface area contributed by atoms with Crippen molar-refractivity contribution in [2.45, 2.75) is 12.5 Å². The van der Waals surface area contributed by atoms with Gasteiger partial charge in [-0.05, 0) is 11.6 Å². The van der Waals surface area contributed by atoms with Gasteiger partial charge in [0.25, 0.3) is 0 Å². The maximum Gasteiger partial charge on any atom is 0.307 e. The minimum Gasteiger partial charge on any atom is -0.469 e. The van der Waals surface area contributed by atoms with Crippen molar-refractivity contribution >= 4 is 21.9 Å². The van der Waals surface area contributed by atoms with Crippen LogP contribution in [0.15, 0.2) is 28.7 Å². The van der Waals surface area contributed by atoms with Crippen molar-refractivity contribution in [1.29, 1.82) is 0 Å². The van der Waals surface area contributed by atoms with Crippen molar-refractivity contribution in [2.75, 3.05) is 7.11 Å². The van der Waals surface area contributed by atoms with Crippen molar-refractivity contribution in [3.8, 4) is 0 Å². The van der Waals surface area contributed by atoms with Gasteiger partial charge in [0.05, 0.1) is 13.5 Å². The summed E-state index contributed by atoms with van der Waals surface area (Å²) >= 11 is 3.38. The standard InChI is InChI=1S/C10H12BrNO2/c1-14-10(13)6-9(12)7-4-2-3-5-8(7)11/h2-5,9H,6,12H2,1H3/t9-/m0/s1. The fourth-order valence-electron chi connectivity index (χ4n) is 1.15. The quantitative estimate of drug-likeness (QED) is 0.844. The van der Waals surface area contributed by atoms with E-state index in [-0.39, 0.29) is 18.4 Å². The average Bonchev–Trinajstić information content (AvgIpc) is 2.18. The summed E-state index contributed by atoms with van der Waals surface area (Å²) in [6.45, 7) is 0. The Morgan fingerprint density at radius 3 is 2.79 bits per heavy atom. The molecule has 0 aliphatic rings. The highest BCUT2D eigenvalue weighted by molar-refractivity contribution is 9.10. The molecule has 0 radical (unpaired) electrons. The predicted molar refractivity (Wildman–Crippen MR) is 57.7 cm³/mol. The van der Waals surface area contributed by atoms with Gasteiger partial charge in [-0.2, -0.15) is 0 Å². The molecule has 0 unspecified atom stereocenters. The van der Waals surface area contributed by atoms with Crippen LogP contribution in [0.3, 0.4) is 0 Å². The lowest BCUT2D eigenvalue weighted by Gasteiger charge is -2.11. The molecule has 0 saturated carbocycles. The second-order valence-electron chi connectivity index (χ2n) is 2.91. The van der Waals surface area contributed by atoms with Crippen LogP contribution in [0.4, 0.5) is 0 Å². The molecule has 1 aromatic carbocycles. The molecule has 0 heterocycles. The average molecular weight is 258 g/mol. The van der Waals surface area contributed by atoms with E-state index >= 15 is 0 Å². The summed E-state index contributed by atoms with van der Waals surface area (Å²) in [7, 11) is 1.36. The van der Waals surface area contributed by atoms with Gasteiger partial charge in [0.15, 0.2) is 0 Å². The van der Waals surface area contributed by atoms with Crippen molar-refractivity contribution in [1.82, 2.24) is 0 Å². The summed E-state index contributed by atoms with van der Waals surface area (Å²) in [6.07, 6.45) is 0.194. The number of rotatable bonds is 3. The Labute approximate surface area is 91.4 Å². The lowest BCUT2D eigenvalue weighted by atomic mass is 10.1. The molecule has 1 atom stereocenters. The van der Waals surface area contributed by atoms with Gasteiger partial charge in [-0.15, -0.1) is 0 Å². The highest BCUT2D eigenvalue weighted by Crippen LogP contribution is 2.23. The van der Waals surface area contributed by atoms with Crippen LogP contribution in [0.2, 0.25) is 0 Å². The summed E-state index contributed by atoms with van der Waals surface area (Å²) in [5.41, 5.74) is 6.76. The van der Waals surface area contributed by atoms with E-state index in [1.807, 2.05) is 24.3 Å². The first kappa shape index (κ1) is 11.2. The maximum atomic E-state index is 11.0. The second kappa shape index (κ2) is 5.12. The van der Waals surface area contributed by atoms with Gasteiger partial charge in [0.1, 0.15) is 0 Å². The van der Waals surface area contributed by atoms with Crippen molar-refractivity contribution in [3.05, 3.63) is 34.3 Å². The molecule has 14 heavy (non-hydrogen) atoms. The minimum atomic E-state index is -0.321. The monoisotopic (exact) mass is 257 g/mol. The lowest BCUT2D eigenvalue weighted by Crippen LogP contribution is -2.16. The molecular weight excluding hydrogens is 246 g/mol. The fraction of sp³-hybridized carbons (Fsp3) is 0.300. The summed E-state index contributed by atoms with van der Waals surface area (Å²) in [4.78, 5) is 11.0.